The van der Waals surface area contributed by atoms with E-state index in [4.69, 9.17) is 10.7 Å². The van der Waals surface area contributed by atoms with Crippen molar-refractivity contribution < 1.29 is 0 Å². The van der Waals surface area contributed by atoms with E-state index in [1.807, 2.05) is 24.3 Å². The molecule has 0 bridgehead atoms. The molecule has 0 aliphatic heterocycles. The lowest BCUT2D eigenvalue weighted by atomic mass is 10.0. The van der Waals surface area contributed by atoms with Gasteiger partial charge in [0, 0.05) is 29.6 Å². The number of nitrogen functional groups attached to an aromatic ring is 1. The first-order chi connectivity index (χ1) is 12.3. The average molecular weight is 324 g/mol. The molecule has 4 rings (SSSR count). The molecule has 2 heteroatoms. The average Bonchev–Trinajstić information content (AvgIpc) is 2.64. The van der Waals surface area contributed by atoms with Gasteiger partial charge in [-0.05, 0) is 34.7 Å². The maximum absolute atomic E-state index is 6.02. The van der Waals surface area contributed by atoms with E-state index in [0.29, 0.717) is 0 Å². The summed E-state index contributed by atoms with van der Waals surface area (Å²) in [5.41, 5.74) is 11.5. The van der Waals surface area contributed by atoms with Crippen LogP contribution in [0.3, 0.4) is 0 Å². The van der Waals surface area contributed by atoms with E-state index in [0.717, 1.165) is 35.3 Å². The molecule has 0 aliphatic carbocycles. The Bertz CT molecular complexity index is 992. The molecule has 4 aromatic rings. The monoisotopic (exact) mass is 324 g/mol. The van der Waals surface area contributed by atoms with Gasteiger partial charge in [-0.3, -0.25) is 4.98 Å². The van der Waals surface area contributed by atoms with Crippen molar-refractivity contribution in [3.05, 3.63) is 107 Å². The molecule has 0 aliphatic rings. The number of rotatable bonds is 4. The SMILES string of the molecule is Nc1ccc2cc(Cc3ccccc3)nc(Cc3ccccc3)c2c1. The second kappa shape index (κ2) is 6.78. The number of nitrogens with two attached hydrogens (primary N) is 1. The fraction of sp³-hybridized carbons (Fsp3) is 0.0870. The Balaban J connectivity index is 1.79. The van der Waals surface area contributed by atoms with Crippen molar-refractivity contribution in [1.29, 1.82) is 0 Å². The number of fused-ring (bicyclic) bond motifs is 1. The van der Waals surface area contributed by atoms with Crippen molar-refractivity contribution in [3.8, 4) is 0 Å². The van der Waals surface area contributed by atoms with E-state index in [1.165, 1.54) is 16.5 Å². The Labute approximate surface area is 148 Å². The van der Waals surface area contributed by atoms with E-state index in [1.54, 1.807) is 0 Å². The predicted octanol–water partition coefficient (Wildman–Crippen LogP) is 5.00. The number of aromatic nitrogens is 1. The first kappa shape index (κ1) is 15.4. The Morgan fingerprint density at radius 3 is 2.00 bits per heavy atom. The van der Waals surface area contributed by atoms with Crippen molar-refractivity contribution in [2.24, 2.45) is 0 Å². The maximum Gasteiger partial charge on any atom is 0.0529 e. The van der Waals surface area contributed by atoms with Crippen LogP contribution in [0, 0.1) is 0 Å². The van der Waals surface area contributed by atoms with Gasteiger partial charge in [0.25, 0.3) is 0 Å². The number of anilines is 1. The summed E-state index contributed by atoms with van der Waals surface area (Å²) in [7, 11) is 0. The van der Waals surface area contributed by atoms with E-state index in [9.17, 15) is 0 Å². The number of hydrogen-bond acceptors (Lipinski definition) is 2. The van der Waals surface area contributed by atoms with Gasteiger partial charge in [0.1, 0.15) is 0 Å². The summed E-state index contributed by atoms with van der Waals surface area (Å²) in [4.78, 5) is 4.98. The summed E-state index contributed by atoms with van der Waals surface area (Å²) in [6.07, 6.45) is 1.65. The molecule has 0 atom stereocenters. The number of hydrogen-bond donors (Lipinski definition) is 1. The standard InChI is InChI=1S/C23H20N2/c24-20-12-11-19-15-21(13-17-7-3-1-4-8-17)25-23(22(19)16-20)14-18-9-5-2-6-10-18/h1-12,15-16H,13-14,24H2. The van der Waals surface area contributed by atoms with Crippen molar-refractivity contribution in [2.75, 3.05) is 5.73 Å². The minimum atomic E-state index is 0.777. The zero-order valence-electron chi connectivity index (χ0n) is 14.0. The quantitative estimate of drug-likeness (QED) is 0.537. The van der Waals surface area contributed by atoms with Gasteiger partial charge < -0.3 is 5.73 Å². The highest BCUT2D eigenvalue weighted by atomic mass is 14.7. The normalized spacial score (nSPS) is 10.9. The minimum absolute atomic E-state index is 0.777. The first-order valence-corrected chi connectivity index (χ1v) is 8.54. The molecule has 2 nitrogen and oxygen atoms in total. The number of nitrogens with zero attached hydrogens (tertiary/aromatic N) is 1. The van der Waals surface area contributed by atoms with Crippen LogP contribution in [0.2, 0.25) is 0 Å². The van der Waals surface area contributed by atoms with Gasteiger partial charge in [0.15, 0.2) is 0 Å². The molecule has 122 valence electrons. The summed E-state index contributed by atoms with van der Waals surface area (Å²) < 4.78 is 0. The second-order valence-electron chi connectivity index (χ2n) is 6.37. The van der Waals surface area contributed by atoms with Gasteiger partial charge in [0.05, 0.1) is 5.69 Å². The molecule has 0 amide bonds. The van der Waals surface area contributed by atoms with Gasteiger partial charge in [0.2, 0.25) is 0 Å². The molecule has 0 fully saturated rings. The van der Waals surface area contributed by atoms with Gasteiger partial charge in [-0.25, -0.2) is 0 Å². The Hall–Kier alpha value is -3.13. The Morgan fingerprint density at radius 2 is 1.32 bits per heavy atom. The van der Waals surface area contributed by atoms with Gasteiger partial charge >= 0.3 is 0 Å². The smallest absolute Gasteiger partial charge is 0.0529 e. The van der Waals surface area contributed by atoms with E-state index in [-0.39, 0.29) is 0 Å². The van der Waals surface area contributed by atoms with Gasteiger partial charge in [-0.1, -0.05) is 66.7 Å². The minimum Gasteiger partial charge on any atom is -0.399 e. The third-order valence-corrected chi connectivity index (χ3v) is 4.43. The third kappa shape index (κ3) is 3.53. The van der Waals surface area contributed by atoms with Crippen molar-refractivity contribution in [1.82, 2.24) is 4.98 Å². The molecule has 0 saturated heterocycles. The van der Waals surface area contributed by atoms with Crippen LogP contribution in [0.1, 0.15) is 22.5 Å². The lowest BCUT2D eigenvalue weighted by Gasteiger charge is -2.11. The maximum atomic E-state index is 6.02. The molecule has 2 N–H and O–H groups in total. The summed E-state index contributed by atoms with van der Waals surface area (Å²) in [6, 6.07) is 29.2. The molecule has 1 aromatic heterocycles. The Morgan fingerprint density at radius 1 is 0.680 bits per heavy atom. The molecular weight excluding hydrogens is 304 g/mol. The third-order valence-electron chi connectivity index (χ3n) is 4.43. The predicted molar refractivity (Wildman–Crippen MR) is 105 cm³/mol. The molecule has 25 heavy (non-hydrogen) atoms. The molecule has 0 unspecified atom stereocenters. The Kier molecular flexibility index (Phi) is 4.17. The topological polar surface area (TPSA) is 38.9 Å². The highest BCUT2D eigenvalue weighted by Crippen LogP contribution is 2.24. The van der Waals surface area contributed by atoms with Crippen molar-refractivity contribution in [2.45, 2.75) is 12.8 Å². The highest BCUT2D eigenvalue weighted by Gasteiger charge is 2.08. The largest absolute Gasteiger partial charge is 0.399 e. The fourth-order valence-corrected chi connectivity index (χ4v) is 3.21. The van der Waals surface area contributed by atoms with Crippen LogP contribution in [0.15, 0.2) is 84.9 Å². The van der Waals surface area contributed by atoms with E-state index in [2.05, 4.69) is 60.7 Å². The summed E-state index contributed by atoms with van der Waals surface area (Å²) in [6.45, 7) is 0. The molecule has 0 radical (unpaired) electrons. The summed E-state index contributed by atoms with van der Waals surface area (Å²) >= 11 is 0. The van der Waals surface area contributed by atoms with Crippen LogP contribution < -0.4 is 5.73 Å². The van der Waals surface area contributed by atoms with Crippen LogP contribution in [0.4, 0.5) is 5.69 Å². The molecule has 3 aromatic carbocycles. The van der Waals surface area contributed by atoms with Crippen LogP contribution in [0.25, 0.3) is 10.8 Å². The van der Waals surface area contributed by atoms with Crippen molar-refractivity contribution in [3.63, 3.8) is 0 Å². The highest BCUT2D eigenvalue weighted by molar-refractivity contribution is 5.88. The molecular formula is C23H20N2. The van der Waals surface area contributed by atoms with Crippen LogP contribution in [0.5, 0.6) is 0 Å². The number of pyridine rings is 1. The zero-order chi connectivity index (χ0) is 17.1. The van der Waals surface area contributed by atoms with Crippen LogP contribution >= 0.6 is 0 Å². The first-order valence-electron chi connectivity index (χ1n) is 8.54. The lowest BCUT2D eigenvalue weighted by molar-refractivity contribution is 1.01. The number of benzene rings is 3. The van der Waals surface area contributed by atoms with Gasteiger partial charge in [-0.2, -0.15) is 0 Å². The van der Waals surface area contributed by atoms with Crippen molar-refractivity contribution >= 4 is 16.5 Å². The van der Waals surface area contributed by atoms with Crippen LogP contribution in [-0.2, 0) is 12.8 Å². The van der Waals surface area contributed by atoms with Crippen LogP contribution in [-0.4, -0.2) is 4.98 Å². The zero-order valence-corrected chi connectivity index (χ0v) is 14.0. The van der Waals surface area contributed by atoms with Gasteiger partial charge in [-0.15, -0.1) is 0 Å². The fourth-order valence-electron chi connectivity index (χ4n) is 3.21. The molecule has 1 heterocycles. The summed E-state index contributed by atoms with van der Waals surface area (Å²) in [5.74, 6) is 0. The van der Waals surface area contributed by atoms with E-state index >= 15 is 0 Å². The van der Waals surface area contributed by atoms with E-state index < -0.39 is 0 Å². The summed E-state index contributed by atoms with van der Waals surface area (Å²) in [5, 5.41) is 2.33. The molecule has 0 spiro atoms. The second-order valence-corrected chi connectivity index (χ2v) is 6.37. The lowest BCUT2D eigenvalue weighted by Crippen LogP contribution is -2.00. The molecule has 0 saturated carbocycles.